The van der Waals surface area contributed by atoms with E-state index in [2.05, 4.69) is 31.9 Å². The van der Waals surface area contributed by atoms with Gasteiger partial charge in [-0.1, -0.05) is 29.8 Å². The number of carboxylic acids is 1. The first-order chi connectivity index (χ1) is 13.2. The van der Waals surface area contributed by atoms with Gasteiger partial charge in [0.05, 0.1) is 26.5 Å². The quantitative estimate of drug-likeness (QED) is 0.301. The van der Waals surface area contributed by atoms with Gasteiger partial charge >= 0.3 is 18.3 Å². The Morgan fingerprint density at radius 1 is 1.07 bits per heavy atom. The highest BCUT2D eigenvalue weighted by Crippen LogP contribution is 2.41. The van der Waals surface area contributed by atoms with Crippen LogP contribution in [0.5, 0.6) is 0 Å². The number of allylic oxidation sites excluding steroid dienone is 1. The molecule has 29 heavy (non-hydrogen) atoms. The number of hydrogen-bond donors (Lipinski definition) is 1. The molecule has 0 saturated heterocycles. The Kier molecular flexibility index (Phi) is 7.12. The van der Waals surface area contributed by atoms with Crippen molar-refractivity contribution in [2.24, 2.45) is 0 Å². The summed E-state index contributed by atoms with van der Waals surface area (Å²) in [6, 6.07) is 4.45. The van der Waals surface area contributed by atoms with Crippen molar-refractivity contribution < 1.29 is 36.2 Å². The van der Waals surface area contributed by atoms with Crippen LogP contribution in [0.25, 0.3) is 6.08 Å². The van der Waals surface area contributed by atoms with Crippen molar-refractivity contribution >= 4 is 55.5 Å². The molecule has 1 unspecified atom stereocenters. The molecular formula is C18H9Br2ClF6O2. The molecule has 0 bridgehead atoms. The van der Waals surface area contributed by atoms with Gasteiger partial charge in [-0.25, -0.2) is 4.79 Å². The Labute approximate surface area is 182 Å². The molecule has 2 aromatic rings. The van der Waals surface area contributed by atoms with Crippen LogP contribution >= 0.6 is 43.5 Å². The fraction of sp³-hybridized carbons (Fsp3) is 0.167. The van der Waals surface area contributed by atoms with Gasteiger partial charge in [-0.05, 0) is 67.3 Å². The van der Waals surface area contributed by atoms with E-state index in [1.54, 1.807) is 0 Å². The molecule has 0 aliphatic heterocycles. The average molecular weight is 567 g/mol. The highest BCUT2D eigenvalue weighted by Gasteiger charge is 2.39. The van der Waals surface area contributed by atoms with Crippen molar-refractivity contribution in [3.63, 3.8) is 0 Å². The molecule has 1 N–H and O–H groups in total. The van der Waals surface area contributed by atoms with Crippen LogP contribution in [0.3, 0.4) is 0 Å². The molecule has 0 aromatic heterocycles. The molecule has 2 rings (SSSR count). The molecule has 0 amide bonds. The number of hydrogen-bond acceptors (Lipinski definition) is 1. The highest BCUT2D eigenvalue weighted by molar-refractivity contribution is 9.13. The molecule has 2 aromatic carbocycles. The van der Waals surface area contributed by atoms with E-state index in [9.17, 15) is 31.1 Å². The lowest BCUT2D eigenvalue weighted by atomic mass is 9.96. The van der Waals surface area contributed by atoms with E-state index < -0.39 is 35.4 Å². The standard InChI is InChI=1S/C18H9Br2ClF6O2/c19-13-6-9(7-14(21)15(13)20)11(17(22,23)24)4-2-8-1-3-10(16(28)29)12(5-8)18(25,26)27/h1-7,11H,(H,28,29)/b4-2+. The van der Waals surface area contributed by atoms with Gasteiger partial charge in [0.15, 0.2) is 0 Å². The van der Waals surface area contributed by atoms with Gasteiger partial charge in [-0.3, -0.25) is 0 Å². The summed E-state index contributed by atoms with van der Waals surface area (Å²) in [7, 11) is 0. The number of aromatic carboxylic acids is 1. The maximum absolute atomic E-state index is 13.5. The summed E-state index contributed by atoms with van der Waals surface area (Å²) in [6.07, 6.45) is -8.20. The number of rotatable bonds is 4. The smallest absolute Gasteiger partial charge is 0.417 e. The summed E-state index contributed by atoms with van der Waals surface area (Å²) in [4.78, 5) is 11.0. The van der Waals surface area contributed by atoms with Gasteiger partial charge in [0.2, 0.25) is 0 Å². The first kappa shape index (κ1) is 23.8. The van der Waals surface area contributed by atoms with Crippen LogP contribution < -0.4 is 0 Å². The minimum atomic E-state index is -4.98. The summed E-state index contributed by atoms with van der Waals surface area (Å²) in [6.45, 7) is 0. The van der Waals surface area contributed by atoms with Crippen molar-refractivity contribution in [1.29, 1.82) is 0 Å². The zero-order valence-electron chi connectivity index (χ0n) is 13.9. The first-order valence-corrected chi connectivity index (χ1v) is 9.52. The summed E-state index contributed by atoms with van der Waals surface area (Å²) in [5.41, 5.74) is -2.92. The van der Waals surface area contributed by atoms with Crippen LogP contribution in [0, 0.1) is 0 Å². The van der Waals surface area contributed by atoms with Gasteiger partial charge in [-0.15, -0.1) is 0 Å². The molecule has 0 fully saturated rings. The molecule has 0 heterocycles. The van der Waals surface area contributed by atoms with Crippen LogP contribution in [-0.2, 0) is 6.18 Å². The molecule has 0 radical (unpaired) electrons. The summed E-state index contributed by atoms with van der Waals surface area (Å²) in [5, 5.41) is 8.90. The fourth-order valence-corrected chi connectivity index (χ4v) is 3.51. The topological polar surface area (TPSA) is 37.3 Å². The summed E-state index contributed by atoms with van der Waals surface area (Å²) in [5.74, 6) is -3.95. The second-order valence-electron chi connectivity index (χ2n) is 5.78. The van der Waals surface area contributed by atoms with E-state index in [1.807, 2.05) is 0 Å². The van der Waals surface area contributed by atoms with Crippen molar-refractivity contribution in [2.45, 2.75) is 18.3 Å². The monoisotopic (exact) mass is 564 g/mol. The summed E-state index contributed by atoms with van der Waals surface area (Å²) >= 11 is 12.1. The Balaban J connectivity index is 2.52. The molecular weight excluding hydrogens is 557 g/mol. The molecule has 11 heteroatoms. The van der Waals surface area contributed by atoms with Crippen molar-refractivity contribution in [3.8, 4) is 0 Å². The van der Waals surface area contributed by atoms with Crippen molar-refractivity contribution in [3.05, 3.63) is 72.6 Å². The molecule has 156 valence electrons. The average Bonchev–Trinajstić information content (AvgIpc) is 2.57. The van der Waals surface area contributed by atoms with E-state index in [-0.39, 0.29) is 20.6 Å². The van der Waals surface area contributed by atoms with Crippen molar-refractivity contribution in [1.82, 2.24) is 0 Å². The van der Waals surface area contributed by atoms with Crippen LogP contribution in [0.15, 0.2) is 45.4 Å². The third-order valence-corrected chi connectivity index (χ3v) is 6.32. The highest BCUT2D eigenvalue weighted by atomic mass is 79.9. The van der Waals surface area contributed by atoms with E-state index in [0.717, 1.165) is 18.2 Å². The lowest BCUT2D eigenvalue weighted by Crippen LogP contribution is -2.19. The van der Waals surface area contributed by atoms with E-state index >= 15 is 0 Å². The predicted molar refractivity (Wildman–Crippen MR) is 103 cm³/mol. The van der Waals surface area contributed by atoms with Crippen molar-refractivity contribution in [2.75, 3.05) is 0 Å². The minimum Gasteiger partial charge on any atom is -0.478 e. The maximum atomic E-state index is 13.5. The molecule has 0 spiro atoms. The predicted octanol–water partition coefficient (Wildman–Crippen LogP) is 7.94. The van der Waals surface area contributed by atoms with Gasteiger partial charge in [0.25, 0.3) is 0 Å². The van der Waals surface area contributed by atoms with Gasteiger partial charge in [0, 0.05) is 4.47 Å². The number of alkyl halides is 6. The Bertz CT molecular complexity index is 947. The van der Waals surface area contributed by atoms with E-state index in [4.69, 9.17) is 16.7 Å². The zero-order valence-corrected chi connectivity index (χ0v) is 17.8. The SMILES string of the molecule is O=C(O)c1ccc(/C=C/C(c2cc(Cl)c(Br)c(Br)c2)C(F)(F)F)cc1C(F)(F)F. The Hall–Kier alpha value is -1.52. The van der Waals surface area contributed by atoms with Crippen LogP contribution in [0.1, 0.15) is 33.0 Å². The first-order valence-electron chi connectivity index (χ1n) is 7.55. The summed E-state index contributed by atoms with van der Waals surface area (Å²) < 4.78 is 80.5. The van der Waals surface area contributed by atoms with Crippen LogP contribution in [0.2, 0.25) is 5.02 Å². The van der Waals surface area contributed by atoms with Gasteiger partial charge in [-0.2, -0.15) is 26.3 Å². The number of carbonyl (C=O) groups is 1. The molecule has 2 nitrogen and oxygen atoms in total. The minimum absolute atomic E-state index is 0.0159. The van der Waals surface area contributed by atoms with E-state index in [1.165, 1.54) is 6.07 Å². The number of halogens is 9. The van der Waals surface area contributed by atoms with Gasteiger partial charge in [0.1, 0.15) is 0 Å². The third-order valence-electron chi connectivity index (χ3n) is 3.78. The Morgan fingerprint density at radius 2 is 1.69 bits per heavy atom. The second-order valence-corrected chi connectivity index (χ2v) is 7.84. The lowest BCUT2D eigenvalue weighted by molar-refractivity contribution is -0.139. The molecule has 0 saturated carbocycles. The largest absolute Gasteiger partial charge is 0.478 e. The van der Waals surface area contributed by atoms with Gasteiger partial charge < -0.3 is 5.11 Å². The lowest BCUT2D eigenvalue weighted by Gasteiger charge is -2.18. The van der Waals surface area contributed by atoms with Crippen LogP contribution in [-0.4, -0.2) is 17.3 Å². The van der Waals surface area contributed by atoms with E-state index in [0.29, 0.717) is 22.7 Å². The number of benzene rings is 2. The maximum Gasteiger partial charge on any atom is 0.417 e. The number of carboxylic acid groups (broad SMARTS) is 1. The normalized spacial score (nSPS) is 13.7. The fourth-order valence-electron chi connectivity index (χ4n) is 2.46. The van der Waals surface area contributed by atoms with Crippen LogP contribution in [0.4, 0.5) is 26.3 Å². The Morgan fingerprint density at radius 3 is 2.17 bits per heavy atom. The third kappa shape index (κ3) is 5.76. The molecule has 0 aliphatic rings. The second kappa shape index (κ2) is 8.69. The molecule has 0 aliphatic carbocycles. The zero-order chi connectivity index (χ0) is 22.1. The molecule has 1 atom stereocenters.